The van der Waals surface area contributed by atoms with Crippen molar-refractivity contribution in [3.63, 3.8) is 0 Å². The fraction of sp³-hybridized carbons (Fsp3) is 0.156. The van der Waals surface area contributed by atoms with E-state index >= 15 is 0 Å². The quantitative estimate of drug-likeness (QED) is 0.239. The van der Waals surface area contributed by atoms with Crippen LogP contribution in [0.1, 0.15) is 29.7 Å². The van der Waals surface area contributed by atoms with Crippen molar-refractivity contribution in [2.24, 2.45) is 0 Å². The molecule has 1 fully saturated rings. The molecule has 1 aliphatic rings. The highest BCUT2D eigenvalue weighted by Crippen LogP contribution is 2.48. The molecule has 6 nitrogen and oxygen atoms in total. The molecule has 0 atom stereocenters. The van der Waals surface area contributed by atoms with Gasteiger partial charge in [-0.05, 0) is 60.6 Å². The second-order valence-electron chi connectivity index (χ2n) is 9.92. The molecule has 0 bridgehead atoms. The van der Waals surface area contributed by atoms with Crippen molar-refractivity contribution >= 4 is 17.3 Å². The van der Waals surface area contributed by atoms with E-state index in [0.29, 0.717) is 18.6 Å². The first kappa shape index (κ1) is 23.7. The lowest BCUT2D eigenvalue weighted by Gasteiger charge is -2.11. The van der Waals surface area contributed by atoms with Crippen LogP contribution in [-0.4, -0.2) is 21.2 Å². The maximum absolute atomic E-state index is 11.6. The maximum atomic E-state index is 11.6. The summed E-state index contributed by atoms with van der Waals surface area (Å²) in [7, 11) is 0. The monoisotopic (exact) mass is 501 g/mol. The highest BCUT2D eigenvalue weighted by Gasteiger charge is 2.51. The summed E-state index contributed by atoms with van der Waals surface area (Å²) in [6.07, 6.45) is 5.07. The summed E-state index contributed by atoms with van der Waals surface area (Å²) < 4.78 is 5.73. The van der Waals surface area contributed by atoms with Crippen LogP contribution in [0, 0.1) is 13.8 Å². The molecule has 0 aliphatic heterocycles. The minimum atomic E-state index is -0.737. The molecule has 1 aliphatic carbocycles. The smallest absolute Gasteiger partial charge is 0.314 e. The van der Waals surface area contributed by atoms with Crippen LogP contribution in [-0.2, 0) is 10.2 Å². The zero-order valence-corrected chi connectivity index (χ0v) is 21.2. The number of pyridine rings is 1. The summed E-state index contributed by atoms with van der Waals surface area (Å²) in [6, 6.07) is 26.3. The minimum absolute atomic E-state index is 0.655. The summed E-state index contributed by atoms with van der Waals surface area (Å²) in [5.41, 5.74) is 8.95. The lowest BCUT2D eigenvalue weighted by atomic mass is 9.93. The van der Waals surface area contributed by atoms with E-state index in [1.807, 2.05) is 73.8 Å². The van der Waals surface area contributed by atoms with Gasteiger partial charge in [0.25, 0.3) is 0 Å². The number of aromatic nitrogens is 2. The van der Waals surface area contributed by atoms with Crippen molar-refractivity contribution in [3.05, 3.63) is 108 Å². The molecule has 2 heterocycles. The molecule has 38 heavy (non-hydrogen) atoms. The molecule has 5 aromatic rings. The predicted molar refractivity (Wildman–Crippen MR) is 148 cm³/mol. The number of aryl methyl sites for hydroxylation is 2. The fourth-order valence-corrected chi connectivity index (χ4v) is 4.96. The minimum Gasteiger partial charge on any atom is -0.481 e. The van der Waals surface area contributed by atoms with E-state index in [-0.39, 0.29) is 0 Å². The number of hydrogen-bond acceptors (Lipinski definition) is 5. The van der Waals surface area contributed by atoms with Crippen molar-refractivity contribution in [1.82, 2.24) is 10.1 Å². The van der Waals surface area contributed by atoms with Gasteiger partial charge in [0.1, 0.15) is 11.4 Å². The van der Waals surface area contributed by atoms with E-state index in [1.165, 1.54) is 5.56 Å². The average molecular weight is 502 g/mol. The number of benzene rings is 3. The number of aliphatic carboxylic acids is 1. The number of nitrogens with one attached hydrogen (secondary N) is 1. The lowest BCUT2D eigenvalue weighted by Crippen LogP contribution is -2.19. The molecule has 0 spiro atoms. The van der Waals surface area contributed by atoms with Crippen LogP contribution in [0.3, 0.4) is 0 Å². The zero-order chi connectivity index (χ0) is 26.3. The van der Waals surface area contributed by atoms with E-state index in [1.54, 1.807) is 6.20 Å². The second-order valence-corrected chi connectivity index (χ2v) is 9.92. The van der Waals surface area contributed by atoms with Gasteiger partial charge in [0, 0.05) is 17.3 Å². The van der Waals surface area contributed by atoms with Crippen molar-refractivity contribution in [2.75, 3.05) is 5.32 Å². The van der Waals surface area contributed by atoms with Crippen molar-refractivity contribution < 1.29 is 14.4 Å². The number of nitrogens with zero attached hydrogens (tertiary/aromatic N) is 2. The van der Waals surface area contributed by atoms with Gasteiger partial charge in [-0.25, -0.2) is 0 Å². The van der Waals surface area contributed by atoms with Gasteiger partial charge in [-0.2, -0.15) is 0 Å². The Morgan fingerprint density at radius 1 is 0.868 bits per heavy atom. The Hall–Kier alpha value is -4.71. The number of anilines is 2. The fourth-order valence-electron chi connectivity index (χ4n) is 4.96. The molecule has 0 radical (unpaired) electrons. The zero-order valence-electron chi connectivity index (χ0n) is 21.2. The van der Waals surface area contributed by atoms with Crippen molar-refractivity contribution in [2.45, 2.75) is 32.1 Å². The predicted octanol–water partition coefficient (Wildman–Crippen LogP) is 7.55. The first-order valence-electron chi connectivity index (χ1n) is 12.6. The molecule has 6 heteroatoms. The molecule has 1 saturated carbocycles. The first-order chi connectivity index (χ1) is 18.4. The summed E-state index contributed by atoms with van der Waals surface area (Å²) in [6.45, 7) is 4.00. The molecule has 3 aromatic carbocycles. The summed E-state index contributed by atoms with van der Waals surface area (Å²) >= 11 is 0. The number of carbonyl (C=O) groups is 1. The van der Waals surface area contributed by atoms with Gasteiger partial charge in [0.05, 0.1) is 17.3 Å². The Kier molecular flexibility index (Phi) is 5.80. The van der Waals surface area contributed by atoms with Crippen LogP contribution in [0.5, 0.6) is 0 Å². The highest BCUT2D eigenvalue weighted by atomic mass is 16.5. The maximum Gasteiger partial charge on any atom is 0.314 e. The molecule has 6 rings (SSSR count). The van der Waals surface area contributed by atoms with Crippen molar-refractivity contribution in [1.29, 1.82) is 0 Å². The lowest BCUT2D eigenvalue weighted by molar-refractivity contribution is -0.140. The molecule has 0 saturated heterocycles. The standard InChI is InChI=1S/C32H27N3O3/c1-20-5-3-4-6-28(20)25-17-27(19-33-18-25)34-29-21(2)35-38-30(29)24-9-7-22(8-10-24)23-11-13-26(14-12-23)32(15-16-32)31(36)37/h3-14,17-19,34H,15-16H2,1-2H3,(H,36,37). The largest absolute Gasteiger partial charge is 0.481 e. The van der Waals surface area contributed by atoms with Crippen LogP contribution in [0.2, 0.25) is 0 Å². The number of hydrogen-bond donors (Lipinski definition) is 2. The third-order valence-electron chi connectivity index (χ3n) is 7.40. The van der Waals surface area contributed by atoms with Gasteiger partial charge in [0.15, 0.2) is 5.76 Å². The van der Waals surface area contributed by atoms with Crippen LogP contribution in [0.15, 0.2) is 95.8 Å². The topological polar surface area (TPSA) is 88.3 Å². The molecule has 0 unspecified atom stereocenters. The third-order valence-corrected chi connectivity index (χ3v) is 7.40. The van der Waals surface area contributed by atoms with Gasteiger partial charge in [-0.1, -0.05) is 78.0 Å². The van der Waals surface area contributed by atoms with Gasteiger partial charge in [0.2, 0.25) is 0 Å². The number of rotatable bonds is 7. The van der Waals surface area contributed by atoms with Crippen LogP contribution >= 0.6 is 0 Å². The van der Waals surface area contributed by atoms with E-state index < -0.39 is 11.4 Å². The third kappa shape index (κ3) is 4.24. The normalized spacial score (nSPS) is 13.7. The molecular formula is C32H27N3O3. The van der Waals surface area contributed by atoms with Crippen molar-refractivity contribution in [3.8, 4) is 33.6 Å². The Labute approximate surface area is 221 Å². The summed E-state index contributed by atoms with van der Waals surface area (Å²) in [5.74, 6) is -0.0816. The van der Waals surface area contributed by atoms with Crippen LogP contribution in [0.4, 0.5) is 11.4 Å². The Morgan fingerprint density at radius 2 is 1.53 bits per heavy atom. The second kappa shape index (κ2) is 9.30. The average Bonchev–Trinajstić information content (AvgIpc) is 3.69. The van der Waals surface area contributed by atoms with E-state index in [0.717, 1.165) is 50.4 Å². The Morgan fingerprint density at radius 3 is 2.18 bits per heavy atom. The van der Waals surface area contributed by atoms with E-state index in [2.05, 4.69) is 40.6 Å². The molecule has 2 aromatic heterocycles. The van der Waals surface area contributed by atoms with Gasteiger partial charge >= 0.3 is 5.97 Å². The molecule has 2 N–H and O–H groups in total. The molecule has 188 valence electrons. The Bertz CT molecular complexity index is 1630. The summed E-state index contributed by atoms with van der Waals surface area (Å²) in [5, 5.41) is 17.2. The number of carboxylic acid groups (broad SMARTS) is 1. The van der Waals surface area contributed by atoms with E-state index in [4.69, 9.17) is 4.52 Å². The molecule has 0 amide bonds. The number of carboxylic acids is 1. The van der Waals surface area contributed by atoms with Crippen LogP contribution < -0.4 is 5.32 Å². The summed E-state index contributed by atoms with van der Waals surface area (Å²) in [4.78, 5) is 16.1. The van der Waals surface area contributed by atoms with Gasteiger partial charge in [-0.15, -0.1) is 0 Å². The van der Waals surface area contributed by atoms with Gasteiger partial charge < -0.3 is 14.9 Å². The van der Waals surface area contributed by atoms with E-state index in [9.17, 15) is 9.90 Å². The van der Waals surface area contributed by atoms with Gasteiger partial charge in [-0.3, -0.25) is 9.78 Å². The first-order valence-corrected chi connectivity index (χ1v) is 12.6. The Balaban J connectivity index is 1.25. The molecular weight excluding hydrogens is 474 g/mol. The SMILES string of the molecule is Cc1ccccc1-c1cncc(Nc2c(C)noc2-c2ccc(-c3ccc(C4(C(=O)O)CC4)cc3)cc2)c1. The van der Waals surface area contributed by atoms with Crippen LogP contribution in [0.25, 0.3) is 33.6 Å². The highest BCUT2D eigenvalue weighted by molar-refractivity contribution is 5.85.